The van der Waals surface area contributed by atoms with E-state index in [0.717, 1.165) is 27.8 Å². The second-order valence-electron chi connectivity index (χ2n) is 7.70. The maximum atomic E-state index is 12.7. The van der Waals surface area contributed by atoms with Gasteiger partial charge in [-0.25, -0.2) is 4.79 Å². The van der Waals surface area contributed by atoms with E-state index in [1.807, 2.05) is 13.0 Å². The van der Waals surface area contributed by atoms with Gasteiger partial charge in [0.1, 0.15) is 0 Å². The fraction of sp³-hybridized carbons (Fsp3) is 0.304. The minimum absolute atomic E-state index is 0.0940. The van der Waals surface area contributed by atoms with Crippen LogP contribution < -0.4 is 5.32 Å². The zero-order valence-electron chi connectivity index (χ0n) is 17.4. The first-order valence-corrected chi connectivity index (χ1v) is 11.0. The fourth-order valence-corrected chi connectivity index (χ4v) is 4.22. The van der Waals surface area contributed by atoms with Crippen molar-refractivity contribution in [3.8, 4) is 0 Å². The smallest absolute Gasteiger partial charge is 0.338 e. The molecule has 1 saturated heterocycles. The Morgan fingerprint density at radius 2 is 1.94 bits per heavy atom. The molecule has 1 atom stereocenters. The van der Waals surface area contributed by atoms with Crippen molar-refractivity contribution >= 4 is 45.3 Å². The van der Waals surface area contributed by atoms with Gasteiger partial charge in [0.05, 0.1) is 29.3 Å². The minimum atomic E-state index is -0.756. The molecule has 2 aliphatic heterocycles. The van der Waals surface area contributed by atoms with Crippen molar-refractivity contribution in [3.05, 3.63) is 63.1 Å². The molecule has 0 bridgehead atoms. The first-order valence-electron chi connectivity index (χ1n) is 10.2. The van der Waals surface area contributed by atoms with Gasteiger partial charge >= 0.3 is 5.97 Å². The van der Waals surface area contributed by atoms with Gasteiger partial charge < -0.3 is 14.8 Å². The number of esters is 1. The van der Waals surface area contributed by atoms with Crippen molar-refractivity contribution in [3.63, 3.8) is 0 Å². The highest BCUT2D eigenvalue weighted by Crippen LogP contribution is 2.26. The molecule has 32 heavy (non-hydrogen) atoms. The molecule has 0 spiro atoms. The van der Waals surface area contributed by atoms with Crippen molar-refractivity contribution in [2.75, 3.05) is 25.1 Å². The van der Waals surface area contributed by atoms with Gasteiger partial charge in [0.25, 0.3) is 17.7 Å². The van der Waals surface area contributed by atoms with E-state index < -0.39 is 30.3 Å². The highest BCUT2D eigenvalue weighted by atomic mass is 79.9. The van der Waals surface area contributed by atoms with Gasteiger partial charge in [-0.15, -0.1) is 0 Å². The van der Waals surface area contributed by atoms with Crippen LogP contribution in [0, 0.1) is 6.92 Å². The molecule has 0 unspecified atom stereocenters. The van der Waals surface area contributed by atoms with Crippen LogP contribution in [0.3, 0.4) is 0 Å². The van der Waals surface area contributed by atoms with Crippen LogP contribution in [0.2, 0.25) is 0 Å². The van der Waals surface area contributed by atoms with Crippen molar-refractivity contribution in [1.29, 1.82) is 0 Å². The molecular formula is C23H21BrN2O6. The van der Waals surface area contributed by atoms with Gasteiger partial charge in [-0.2, -0.15) is 0 Å². The molecule has 2 aromatic carbocycles. The first-order chi connectivity index (χ1) is 15.3. The SMILES string of the molecule is Cc1cc(Br)ccc1NC(=O)COC(=O)c1ccc2c(c1)C(=O)N(C[C@@H]1CCCO1)C2=O. The van der Waals surface area contributed by atoms with E-state index in [1.165, 1.54) is 18.2 Å². The lowest BCUT2D eigenvalue weighted by Crippen LogP contribution is -2.36. The Balaban J connectivity index is 1.38. The van der Waals surface area contributed by atoms with Crippen LogP contribution in [0.5, 0.6) is 0 Å². The second kappa shape index (κ2) is 9.22. The Bertz CT molecular complexity index is 1110. The zero-order valence-corrected chi connectivity index (χ0v) is 18.9. The van der Waals surface area contributed by atoms with E-state index in [0.29, 0.717) is 12.3 Å². The van der Waals surface area contributed by atoms with E-state index in [4.69, 9.17) is 9.47 Å². The number of nitrogens with one attached hydrogen (secondary N) is 1. The summed E-state index contributed by atoms with van der Waals surface area (Å²) in [6.07, 6.45) is 1.54. The highest BCUT2D eigenvalue weighted by Gasteiger charge is 2.38. The predicted octanol–water partition coefficient (Wildman–Crippen LogP) is 3.33. The number of ether oxygens (including phenoxy) is 2. The number of carbonyl (C=O) groups is 4. The maximum absolute atomic E-state index is 12.7. The molecule has 2 aromatic rings. The van der Waals surface area contributed by atoms with Gasteiger partial charge in [-0.1, -0.05) is 15.9 Å². The summed E-state index contributed by atoms with van der Waals surface area (Å²) < 4.78 is 11.5. The van der Waals surface area contributed by atoms with Gasteiger partial charge in [-0.05, 0) is 61.7 Å². The summed E-state index contributed by atoms with van der Waals surface area (Å²) in [7, 11) is 0. The Labute approximate surface area is 193 Å². The average molecular weight is 501 g/mol. The summed E-state index contributed by atoms with van der Waals surface area (Å²) in [4.78, 5) is 51.1. The third-order valence-electron chi connectivity index (χ3n) is 5.41. The molecule has 1 N–H and O–H groups in total. The largest absolute Gasteiger partial charge is 0.452 e. The molecule has 166 valence electrons. The highest BCUT2D eigenvalue weighted by molar-refractivity contribution is 9.10. The number of hydrogen-bond donors (Lipinski definition) is 1. The molecule has 2 aliphatic rings. The number of amides is 3. The number of rotatable bonds is 6. The molecule has 0 aromatic heterocycles. The number of halogens is 1. The van der Waals surface area contributed by atoms with Gasteiger partial charge in [0.15, 0.2) is 6.61 Å². The molecule has 8 nitrogen and oxygen atoms in total. The number of anilines is 1. The standard InChI is InChI=1S/C23H21BrN2O6/c1-13-9-15(24)5-7-19(13)25-20(27)12-32-23(30)14-4-6-17-18(10-14)22(29)26(21(17)28)11-16-3-2-8-31-16/h4-7,9-10,16H,2-3,8,11-12H2,1H3,(H,25,27)/t16-/m0/s1. The monoisotopic (exact) mass is 500 g/mol. The van der Waals surface area contributed by atoms with Gasteiger partial charge in [-0.3, -0.25) is 19.3 Å². The molecule has 0 saturated carbocycles. The van der Waals surface area contributed by atoms with Crippen LogP contribution >= 0.6 is 15.9 Å². The third kappa shape index (κ3) is 4.58. The second-order valence-corrected chi connectivity index (χ2v) is 8.62. The Morgan fingerprint density at radius 1 is 1.16 bits per heavy atom. The number of hydrogen-bond acceptors (Lipinski definition) is 6. The maximum Gasteiger partial charge on any atom is 0.338 e. The number of imide groups is 1. The van der Waals surface area contributed by atoms with Crippen LogP contribution in [0.1, 0.15) is 49.5 Å². The number of aryl methyl sites for hydroxylation is 1. The van der Waals surface area contributed by atoms with Gasteiger partial charge in [0.2, 0.25) is 0 Å². The molecule has 9 heteroatoms. The average Bonchev–Trinajstić information content (AvgIpc) is 3.37. The van der Waals surface area contributed by atoms with E-state index in [2.05, 4.69) is 21.2 Å². The quantitative estimate of drug-likeness (QED) is 0.482. The zero-order chi connectivity index (χ0) is 22.8. The van der Waals surface area contributed by atoms with Crippen LogP contribution in [0.15, 0.2) is 40.9 Å². The summed E-state index contributed by atoms with van der Waals surface area (Å²) in [6, 6.07) is 9.58. The molecule has 0 aliphatic carbocycles. The van der Waals surface area contributed by atoms with Crippen molar-refractivity contribution in [2.24, 2.45) is 0 Å². The number of nitrogens with zero attached hydrogens (tertiary/aromatic N) is 1. The predicted molar refractivity (Wildman–Crippen MR) is 119 cm³/mol. The molecule has 1 fully saturated rings. The van der Waals surface area contributed by atoms with Gasteiger partial charge in [0, 0.05) is 16.8 Å². The number of carbonyl (C=O) groups excluding carboxylic acids is 4. The Morgan fingerprint density at radius 3 is 2.66 bits per heavy atom. The third-order valence-corrected chi connectivity index (χ3v) is 5.91. The number of benzene rings is 2. The Kier molecular flexibility index (Phi) is 6.38. The van der Waals surface area contributed by atoms with E-state index in [1.54, 1.807) is 12.1 Å². The molecule has 4 rings (SSSR count). The van der Waals surface area contributed by atoms with Crippen molar-refractivity contribution in [1.82, 2.24) is 4.90 Å². The molecular weight excluding hydrogens is 480 g/mol. The van der Waals surface area contributed by atoms with E-state index >= 15 is 0 Å². The van der Waals surface area contributed by atoms with E-state index in [-0.39, 0.29) is 29.3 Å². The van der Waals surface area contributed by atoms with Crippen LogP contribution in [-0.4, -0.2) is 54.5 Å². The summed E-state index contributed by atoms with van der Waals surface area (Å²) in [6.45, 7) is 2.18. The van der Waals surface area contributed by atoms with E-state index in [9.17, 15) is 19.2 Å². The summed E-state index contributed by atoms with van der Waals surface area (Å²) in [5.74, 6) is -2.10. The lowest BCUT2D eigenvalue weighted by atomic mass is 10.1. The first kappa shape index (κ1) is 22.2. The molecule has 3 amide bonds. The fourth-order valence-electron chi connectivity index (χ4n) is 3.74. The molecule has 0 radical (unpaired) electrons. The minimum Gasteiger partial charge on any atom is -0.452 e. The summed E-state index contributed by atoms with van der Waals surface area (Å²) in [5.41, 5.74) is 1.96. The summed E-state index contributed by atoms with van der Waals surface area (Å²) >= 11 is 3.36. The summed E-state index contributed by atoms with van der Waals surface area (Å²) in [5, 5.41) is 2.68. The lowest BCUT2D eigenvalue weighted by molar-refractivity contribution is -0.119. The molecule has 2 heterocycles. The lowest BCUT2D eigenvalue weighted by Gasteiger charge is -2.17. The van der Waals surface area contributed by atoms with Crippen LogP contribution in [-0.2, 0) is 14.3 Å². The topological polar surface area (TPSA) is 102 Å². The van der Waals surface area contributed by atoms with Crippen LogP contribution in [0.25, 0.3) is 0 Å². The van der Waals surface area contributed by atoms with Crippen molar-refractivity contribution < 1.29 is 28.7 Å². The van der Waals surface area contributed by atoms with Crippen molar-refractivity contribution in [2.45, 2.75) is 25.9 Å². The van der Waals surface area contributed by atoms with Crippen LogP contribution in [0.4, 0.5) is 5.69 Å². The Hall–Kier alpha value is -3.04. The number of fused-ring (bicyclic) bond motifs is 1. The normalized spacial score (nSPS) is 17.4.